The number of nitrogens with zero attached hydrogens (tertiary/aromatic N) is 1. The van der Waals surface area contributed by atoms with Gasteiger partial charge in [-0.3, -0.25) is 0 Å². The fraction of sp³-hybridized carbons (Fsp3) is 0.571. The molecule has 0 bridgehead atoms. The molecule has 1 fully saturated rings. The molecular weight excluding hydrogens is 326 g/mol. The first-order chi connectivity index (χ1) is 10.2. The zero-order valence-electron chi connectivity index (χ0n) is 12.9. The van der Waals surface area contributed by atoms with E-state index < -0.39 is 25.1 Å². The average molecular weight is 347 g/mol. The van der Waals surface area contributed by atoms with Gasteiger partial charge < -0.3 is 4.74 Å². The number of hydrogen-bond donors (Lipinski definition) is 0. The predicted octanol–water partition coefficient (Wildman–Crippen LogP) is 1.14. The Labute approximate surface area is 132 Å². The van der Waals surface area contributed by atoms with Crippen LogP contribution in [0.2, 0.25) is 0 Å². The van der Waals surface area contributed by atoms with Gasteiger partial charge in [-0.2, -0.15) is 4.31 Å². The minimum absolute atomic E-state index is 0.0312. The van der Waals surface area contributed by atoms with Crippen molar-refractivity contribution in [3.63, 3.8) is 0 Å². The van der Waals surface area contributed by atoms with Crippen molar-refractivity contribution in [2.75, 3.05) is 26.0 Å². The second-order valence-electron chi connectivity index (χ2n) is 5.84. The SMILES string of the molecule is COc1ccc(S(=O)(=O)N2CC(S(=O)(=O)CC(C)C)C2)cc1. The monoisotopic (exact) mass is 347 g/mol. The molecule has 0 amide bonds. The molecule has 0 radical (unpaired) electrons. The molecule has 0 aromatic heterocycles. The number of rotatable bonds is 6. The fourth-order valence-corrected chi connectivity index (χ4v) is 6.06. The van der Waals surface area contributed by atoms with E-state index in [2.05, 4.69) is 0 Å². The second kappa shape index (κ2) is 6.17. The molecule has 22 heavy (non-hydrogen) atoms. The number of methoxy groups -OCH3 is 1. The van der Waals surface area contributed by atoms with Crippen LogP contribution in [-0.2, 0) is 19.9 Å². The highest BCUT2D eigenvalue weighted by Crippen LogP contribution is 2.27. The summed E-state index contributed by atoms with van der Waals surface area (Å²) in [7, 11) is -5.37. The second-order valence-corrected chi connectivity index (χ2v) is 10.1. The summed E-state index contributed by atoms with van der Waals surface area (Å²) in [5.41, 5.74) is 0. The maximum Gasteiger partial charge on any atom is 0.243 e. The van der Waals surface area contributed by atoms with Crippen LogP contribution in [0.5, 0.6) is 5.75 Å². The van der Waals surface area contributed by atoms with E-state index in [-0.39, 0.29) is 29.7 Å². The first-order valence-corrected chi connectivity index (χ1v) is 10.2. The lowest BCUT2D eigenvalue weighted by Crippen LogP contribution is -2.57. The van der Waals surface area contributed by atoms with Gasteiger partial charge in [-0.05, 0) is 30.2 Å². The fourth-order valence-electron chi connectivity index (χ4n) is 2.32. The predicted molar refractivity (Wildman–Crippen MR) is 84.2 cm³/mol. The van der Waals surface area contributed by atoms with Crippen LogP contribution in [0.3, 0.4) is 0 Å². The lowest BCUT2D eigenvalue weighted by atomic mass is 10.3. The molecule has 1 saturated heterocycles. The largest absolute Gasteiger partial charge is 0.497 e. The Morgan fingerprint density at radius 2 is 1.68 bits per heavy atom. The van der Waals surface area contributed by atoms with Crippen molar-refractivity contribution in [1.82, 2.24) is 4.31 Å². The summed E-state index contributed by atoms with van der Waals surface area (Å²) in [6, 6.07) is 6.06. The van der Waals surface area contributed by atoms with E-state index >= 15 is 0 Å². The van der Waals surface area contributed by atoms with Crippen molar-refractivity contribution < 1.29 is 21.6 Å². The molecule has 1 heterocycles. The van der Waals surface area contributed by atoms with Gasteiger partial charge in [-0.25, -0.2) is 16.8 Å². The molecule has 0 spiro atoms. The highest BCUT2D eigenvalue weighted by Gasteiger charge is 2.43. The number of ether oxygens (including phenoxy) is 1. The average Bonchev–Trinajstić information content (AvgIpc) is 2.34. The normalized spacial score (nSPS) is 17.5. The number of hydrogen-bond acceptors (Lipinski definition) is 5. The van der Waals surface area contributed by atoms with Crippen LogP contribution in [0.4, 0.5) is 0 Å². The Bertz CT molecular complexity index is 717. The van der Waals surface area contributed by atoms with E-state index in [9.17, 15) is 16.8 Å². The van der Waals surface area contributed by atoms with E-state index in [1.165, 1.54) is 23.5 Å². The number of benzene rings is 1. The van der Waals surface area contributed by atoms with Crippen LogP contribution in [0, 0.1) is 5.92 Å². The maximum atomic E-state index is 12.4. The number of sulfone groups is 1. The summed E-state index contributed by atoms with van der Waals surface area (Å²) in [5, 5.41) is -0.595. The quantitative estimate of drug-likeness (QED) is 0.771. The van der Waals surface area contributed by atoms with Gasteiger partial charge in [0.1, 0.15) is 5.75 Å². The standard InChI is InChI=1S/C14H21NO5S2/c1-11(2)10-21(16,17)14-8-15(9-14)22(18,19)13-6-4-12(20-3)5-7-13/h4-7,11,14H,8-10H2,1-3H3. The van der Waals surface area contributed by atoms with Gasteiger partial charge in [0.05, 0.1) is 23.0 Å². The lowest BCUT2D eigenvalue weighted by molar-refractivity contribution is 0.309. The van der Waals surface area contributed by atoms with Crippen LogP contribution in [0.1, 0.15) is 13.8 Å². The third-order valence-corrected chi connectivity index (χ3v) is 7.88. The summed E-state index contributed by atoms with van der Waals surface area (Å²) in [6.07, 6.45) is 0. The lowest BCUT2D eigenvalue weighted by Gasteiger charge is -2.37. The van der Waals surface area contributed by atoms with Crippen LogP contribution in [0.25, 0.3) is 0 Å². The van der Waals surface area contributed by atoms with Gasteiger partial charge in [0.25, 0.3) is 0 Å². The molecule has 6 nitrogen and oxygen atoms in total. The van der Waals surface area contributed by atoms with Crippen molar-refractivity contribution in [2.24, 2.45) is 5.92 Å². The molecule has 1 aromatic carbocycles. The zero-order valence-corrected chi connectivity index (χ0v) is 14.5. The molecular formula is C14H21NO5S2. The Balaban J connectivity index is 2.08. The van der Waals surface area contributed by atoms with Crippen LogP contribution >= 0.6 is 0 Å². The Morgan fingerprint density at radius 1 is 1.14 bits per heavy atom. The van der Waals surface area contributed by atoms with E-state index in [0.717, 1.165) is 0 Å². The molecule has 0 unspecified atom stereocenters. The molecule has 1 aliphatic rings. The van der Waals surface area contributed by atoms with Gasteiger partial charge in [-0.1, -0.05) is 13.8 Å². The van der Waals surface area contributed by atoms with Crippen molar-refractivity contribution >= 4 is 19.9 Å². The van der Waals surface area contributed by atoms with Gasteiger partial charge in [0, 0.05) is 13.1 Å². The summed E-state index contributed by atoms with van der Waals surface area (Å²) in [4.78, 5) is 0.146. The van der Waals surface area contributed by atoms with Gasteiger partial charge in [0.15, 0.2) is 9.84 Å². The summed E-state index contributed by atoms with van der Waals surface area (Å²) in [6.45, 7) is 3.73. The third kappa shape index (κ3) is 3.44. The molecule has 0 saturated carbocycles. The molecule has 1 aliphatic heterocycles. The minimum atomic E-state index is -3.64. The van der Waals surface area contributed by atoms with Gasteiger partial charge >= 0.3 is 0 Å². The number of sulfonamides is 1. The maximum absolute atomic E-state index is 12.4. The van der Waals surface area contributed by atoms with Gasteiger partial charge in [-0.15, -0.1) is 0 Å². The summed E-state index contributed by atoms with van der Waals surface area (Å²) < 4.78 is 55.2. The summed E-state index contributed by atoms with van der Waals surface area (Å²) >= 11 is 0. The van der Waals surface area contributed by atoms with E-state index in [0.29, 0.717) is 5.75 Å². The molecule has 8 heteroatoms. The molecule has 1 aromatic rings. The van der Waals surface area contributed by atoms with Gasteiger partial charge in [0.2, 0.25) is 10.0 Å². The van der Waals surface area contributed by atoms with Crippen molar-refractivity contribution in [2.45, 2.75) is 24.0 Å². The first-order valence-electron chi connectivity index (χ1n) is 7.02. The molecule has 0 atom stereocenters. The highest BCUT2D eigenvalue weighted by molar-refractivity contribution is 7.92. The minimum Gasteiger partial charge on any atom is -0.497 e. The van der Waals surface area contributed by atoms with Crippen LogP contribution in [0.15, 0.2) is 29.2 Å². The van der Waals surface area contributed by atoms with Crippen molar-refractivity contribution in [3.8, 4) is 5.75 Å². The van der Waals surface area contributed by atoms with E-state index in [1.807, 2.05) is 13.8 Å². The Hall–Kier alpha value is -1.12. The first kappa shape index (κ1) is 17.2. The Morgan fingerprint density at radius 3 is 2.14 bits per heavy atom. The topological polar surface area (TPSA) is 80.8 Å². The Kier molecular flexibility index (Phi) is 4.84. The molecule has 124 valence electrons. The molecule has 2 rings (SSSR count). The van der Waals surface area contributed by atoms with Crippen LogP contribution < -0.4 is 4.74 Å². The molecule has 0 N–H and O–H groups in total. The van der Waals surface area contributed by atoms with Crippen molar-refractivity contribution in [3.05, 3.63) is 24.3 Å². The summed E-state index contributed by atoms with van der Waals surface area (Å²) in [5.74, 6) is 0.700. The van der Waals surface area contributed by atoms with E-state index in [4.69, 9.17) is 4.74 Å². The van der Waals surface area contributed by atoms with E-state index in [1.54, 1.807) is 12.1 Å². The van der Waals surface area contributed by atoms with Crippen molar-refractivity contribution in [1.29, 1.82) is 0 Å². The van der Waals surface area contributed by atoms with Crippen LogP contribution in [-0.4, -0.2) is 52.3 Å². The molecule has 0 aliphatic carbocycles. The zero-order chi connectivity index (χ0) is 16.5. The smallest absolute Gasteiger partial charge is 0.243 e. The third-order valence-electron chi connectivity index (χ3n) is 3.59. The highest BCUT2D eigenvalue weighted by atomic mass is 32.2.